The number of carbonyl (C=O) groups excluding carboxylic acids is 1. The number of thiazole rings is 1. The normalized spacial score (nSPS) is 11.0. The van der Waals surface area contributed by atoms with Crippen LogP contribution in [0.1, 0.15) is 21.7 Å². The molecule has 0 saturated carbocycles. The Morgan fingerprint density at radius 2 is 2.00 bits per heavy atom. The van der Waals surface area contributed by atoms with Crippen molar-refractivity contribution in [3.05, 3.63) is 71.4 Å². The average molecular weight is 363 g/mol. The van der Waals surface area contributed by atoms with E-state index in [0.29, 0.717) is 18.5 Å². The van der Waals surface area contributed by atoms with Crippen molar-refractivity contribution >= 4 is 22.9 Å². The number of aromatic nitrogens is 4. The van der Waals surface area contributed by atoms with Gasteiger partial charge in [-0.15, -0.1) is 11.3 Å². The summed E-state index contributed by atoms with van der Waals surface area (Å²) in [6.45, 7) is 2.47. The molecule has 0 aliphatic heterocycles. The van der Waals surface area contributed by atoms with Gasteiger partial charge in [0.1, 0.15) is 10.7 Å². The van der Waals surface area contributed by atoms with Crippen molar-refractivity contribution < 1.29 is 4.79 Å². The Labute approximate surface area is 154 Å². The van der Waals surface area contributed by atoms with Crippen LogP contribution in [0.2, 0.25) is 0 Å². The van der Waals surface area contributed by atoms with Gasteiger partial charge in [0, 0.05) is 48.7 Å². The molecule has 0 unspecified atom stereocenters. The third kappa shape index (κ3) is 3.48. The number of nitrogens with one attached hydrogen (secondary N) is 1. The number of imidazole rings is 1. The summed E-state index contributed by atoms with van der Waals surface area (Å²) in [5, 5.41) is 5.95. The molecule has 1 amide bonds. The van der Waals surface area contributed by atoms with E-state index in [9.17, 15) is 4.79 Å². The number of fused-ring (bicyclic) bond motifs is 1. The number of hydrogen-bond donors (Lipinski definition) is 1. The lowest BCUT2D eigenvalue weighted by atomic mass is 10.2. The van der Waals surface area contributed by atoms with Crippen LogP contribution in [0.25, 0.3) is 16.2 Å². The third-order valence-electron chi connectivity index (χ3n) is 3.98. The Balaban J connectivity index is 1.36. The average Bonchev–Trinajstić information content (AvgIpc) is 3.27. The Hall–Kier alpha value is -3.06. The molecule has 0 bridgehead atoms. The minimum Gasteiger partial charge on any atom is -0.352 e. The van der Waals surface area contributed by atoms with Crippen LogP contribution >= 0.6 is 11.3 Å². The first-order valence-corrected chi connectivity index (χ1v) is 9.15. The number of rotatable bonds is 5. The monoisotopic (exact) mass is 363 g/mol. The summed E-state index contributed by atoms with van der Waals surface area (Å²) in [6.07, 6.45) is 7.92. The molecule has 4 rings (SSSR count). The van der Waals surface area contributed by atoms with Gasteiger partial charge in [0.2, 0.25) is 0 Å². The predicted octanol–water partition coefficient (Wildman–Crippen LogP) is 3.13. The summed E-state index contributed by atoms with van der Waals surface area (Å²) >= 11 is 1.60. The quantitative estimate of drug-likeness (QED) is 0.591. The smallest absolute Gasteiger partial charge is 0.252 e. The molecule has 0 fully saturated rings. The summed E-state index contributed by atoms with van der Waals surface area (Å²) in [5.41, 5.74) is 4.42. The topological polar surface area (TPSA) is 72.2 Å². The zero-order chi connectivity index (χ0) is 17.9. The van der Waals surface area contributed by atoms with Crippen molar-refractivity contribution in [3.8, 4) is 10.6 Å². The molecule has 0 aromatic carbocycles. The van der Waals surface area contributed by atoms with Crippen LogP contribution in [0, 0.1) is 6.92 Å². The van der Waals surface area contributed by atoms with Gasteiger partial charge in [-0.25, -0.2) is 9.97 Å². The fourth-order valence-electron chi connectivity index (χ4n) is 2.71. The van der Waals surface area contributed by atoms with Gasteiger partial charge < -0.3 is 9.72 Å². The molecule has 0 aliphatic carbocycles. The summed E-state index contributed by atoms with van der Waals surface area (Å²) in [6, 6.07) is 7.53. The van der Waals surface area contributed by atoms with Crippen LogP contribution in [-0.4, -0.2) is 31.8 Å². The minimum atomic E-state index is -0.0946. The van der Waals surface area contributed by atoms with Gasteiger partial charge >= 0.3 is 0 Å². The highest BCUT2D eigenvalue weighted by atomic mass is 32.1. The first-order chi connectivity index (χ1) is 12.7. The third-order valence-corrected chi connectivity index (χ3v) is 4.92. The van der Waals surface area contributed by atoms with Crippen molar-refractivity contribution in [2.75, 3.05) is 6.54 Å². The number of hydrogen-bond acceptors (Lipinski definition) is 5. The SMILES string of the molecule is Cc1cn2cc(C(=O)NCCc3csc(-c4ccncc4)n3)ccc2n1. The van der Waals surface area contributed by atoms with Crippen molar-refractivity contribution in [2.24, 2.45) is 0 Å². The van der Waals surface area contributed by atoms with Crippen molar-refractivity contribution in [2.45, 2.75) is 13.3 Å². The number of aryl methyl sites for hydroxylation is 1. The molecule has 0 aliphatic rings. The van der Waals surface area contributed by atoms with E-state index in [4.69, 9.17) is 0 Å². The van der Waals surface area contributed by atoms with Gasteiger partial charge in [0.25, 0.3) is 5.91 Å². The maximum Gasteiger partial charge on any atom is 0.252 e. The second-order valence-corrected chi connectivity index (χ2v) is 6.81. The van der Waals surface area contributed by atoms with E-state index >= 15 is 0 Å². The Morgan fingerprint density at radius 1 is 1.15 bits per heavy atom. The van der Waals surface area contributed by atoms with Crippen LogP contribution in [0.3, 0.4) is 0 Å². The van der Waals surface area contributed by atoms with Crippen LogP contribution in [0.15, 0.2) is 54.4 Å². The van der Waals surface area contributed by atoms with E-state index in [0.717, 1.165) is 27.6 Å². The molecule has 26 heavy (non-hydrogen) atoms. The largest absolute Gasteiger partial charge is 0.352 e. The Kier molecular flexibility index (Phi) is 4.45. The number of pyridine rings is 2. The summed E-state index contributed by atoms with van der Waals surface area (Å²) in [5.74, 6) is -0.0946. The van der Waals surface area contributed by atoms with E-state index < -0.39 is 0 Å². The highest BCUT2D eigenvalue weighted by Crippen LogP contribution is 2.22. The highest BCUT2D eigenvalue weighted by molar-refractivity contribution is 7.13. The molecular formula is C19H17N5OS. The molecule has 4 heterocycles. The molecule has 130 valence electrons. The van der Waals surface area contributed by atoms with E-state index in [1.54, 1.807) is 36.0 Å². The second kappa shape index (κ2) is 7.05. The van der Waals surface area contributed by atoms with E-state index in [1.165, 1.54) is 0 Å². The van der Waals surface area contributed by atoms with Gasteiger partial charge in [0.05, 0.1) is 17.0 Å². The maximum absolute atomic E-state index is 12.3. The van der Waals surface area contributed by atoms with E-state index in [-0.39, 0.29) is 5.91 Å². The maximum atomic E-state index is 12.3. The summed E-state index contributed by atoms with van der Waals surface area (Å²) in [7, 11) is 0. The summed E-state index contributed by atoms with van der Waals surface area (Å²) in [4.78, 5) is 25.3. The first kappa shape index (κ1) is 16.4. The molecule has 4 aromatic rings. The molecule has 4 aromatic heterocycles. The number of carbonyl (C=O) groups is 1. The van der Waals surface area contributed by atoms with E-state index in [1.807, 2.05) is 41.1 Å². The number of nitrogens with zero attached hydrogens (tertiary/aromatic N) is 4. The molecule has 0 spiro atoms. The van der Waals surface area contributed by atoms with Crippen LogP contribution < -0.4 is 5.32 Å². The van der Waals surface area contributed by atoms with Crippen LogP contribution in [0.4, 0.5) is 0 Å². The molecule has 0 atom stereocenters. The lowest BCUT2D eigenvalue weighted by Gasteiger charge is -2.04. The van der Waals surface area contributed by atoms with E-state index in [2.05, 4.69) is 20.3 Å². The first-order valence-electron chi connectivity index (χ1n) is 8.27. The lowest BCUT2D eigenvalue weighted by molar-refractivity contribution is 0.0953. The van der Waals surface area contributed by atoms with Gasteiger partial charge in [-0.1, -0.05) is 0 Å². The van der Waals surface area contributed by atoms with Crippen LogP contribution in [0.5, 0.6) is 0 Å². The lowest BCUT2D eigenvalue weighted by Crippen LogP contribution is -2.26. The van der Waals surface area contributed by atoms with Gasteiger partial charge in [-0.05, 0) is 31.2 Å². The zero-order valence-electron chi connectivity index (χ0n) is 14.2. The predicted molar refractivity (Wildman–Crippen MR) is 101 cm³/mol. The summed E-state index contributed by atoms with van der Waals surface area (Å²) < 4.78 is 1.87. The molecule has 7 heteroatoms. The molecular weight excluding hydrogens is 346 g/mol. The Bertz CT molecular complexity index is 1050. The van der Waals surface area contributed by atoms with Crippen molar-refractivity contribution in [1.82, 2.24) is 24.7 Å². The molecule has 1 N–H and O–H groups in total. The van der Waals surface area contributed by atoms with Crippen LogP contribution in [-0.2, 0) is 6.42 Å². The number of amides is 1. The second-order valence-electron chi connectivity index (χ2n) is 5.95. The fraction of sp³-hybridized carbons (Fsp3) is 0.158. The highest BCUT2D eigenvalue weighted by Gasteiger charge is 2.09. The van der Waals surface area contributed by atoms with Gasteiger partial charge in [0.15, 0.2) is 0 Å². The fourth-order valence-corrected chi connectivity index (χ4v) is 3.57. The molecule has 6 nitrogen and oxygen atoms in total. The molecule has 0 radical (unpaired) electrons. The van der Waals surface area contributed by atoms with Gasteiger partial charge in [-0.2, -0.15) is 0 Å². The van der Waals surface area contributed by atoms with Crippen molar-refractivity contribution in [1.29, 1.82) is 0 Å². The standard InChI is InChI=1S/C19H17N5OS/c1-13-10-24-11-15(2-3-17(24)22-13)18(25)21-9-6-16-12-26-19(23-16)14-4-7-20-8-5-14/h2-5,7-8,10-12H,6,9H2,1H3,(H,21,25). The minimum absolute atomic E-state index is 0.0946. The van der Waals surface area contributed by atoms with Gasteiger partial charge in [-0.3, -0.25) is 9.78 Å². The zero-order valence-corrected chi connectivity index (χ0v) is 15.0. The van der Waals surface area contributed by atoms with Crippen molar-refractivity contribution in [3.63, 3.8) is 0 Å². The molecule has 0 saturated heterocycles. The Morgan fingerprint density at radius 3 is 2.85 bits per heavy atom.